The molecular formula is C15H25N5O. The molecule has 2 aliphatic rings. The Morgan fingerprint density at radius 3 is 3.14 bits per heavy atom. The van der Waals surface area contributed by atoms with Gasteiger partial charge in [-0.2, -0.15) is 5.10 Å². The standard InChI is InChI=1S/C15H25N5O/c1-11(2)20-14(5-7-17-20)18-15(21)10-19-8-12-4-3-6-16-13(12)9-19/h5,7,11-13,16H,3-4,6,8-10H2,1-2H3,(H,18,21)/t12-,13+/m0/s1. The zero-order valence-corrected chi connectivity index (χ0v) is 12.9. The molecule has 0 unspecified atom stereocenters. The summed E-state index contributed by atoms with van der Waals surface area (Å²) in [7, 11) is 0. The number of anilines is 1. The van der Waals surface area contributed by atoms with E-state index >= 15 is 0 Å². The molecule has 0 aromatic carbocycles. The van der Waals surface area contributed by atoms with E-state index in [9.17, 15) is 4.79 Å². The van der Waals surface area contributed by atoms with E-state index in [1.165, 1.54) is 12.8 Å². The lowest BCUT2D eigenvalue weighted by atomic mass is 9.94. The Morgan fingerprint density at radius 1 is 1.52 bits per heavy atom. The highest BCUT2D eigenvalue weighted by Gasteiger charge is 2.34. The number of nitrogens with zero attached hydrogens (tertiary/aromatic N) is 3. The lowest BCUT2D eigenvalue weighted by Crippen LogP contribution is -2.41. The number of carbonyl (C=O) groups is 1. The summed E-state index contributed by atoms with van der Waals surface area (Å²) in [5.41, 5.74) is 0. The lowest BCUT2D eigenvalue weighted by Gasteiger charge is -2.24. The van der Waals surface area contributed by atoms with Crippen molar-refractivity contribution >= 4 is 11.7 Å². The SMILES string of the molecule is CC(C)n1nccc1NC(=O)CN1C[C@@H]2CCCN[C@@H]2C1. The normalized spacial score (nSPS) is 26.0. The van der Waals surface area contributed by atoms with Crippen LogP contribution in [-0.4, -0.2) is 52.8 Å². The fourth-order valence-corrected chi connectivity index (χ4v) is 3.48. The van der Waals surface area contributed by atoms with Crippen LogP contribution in [0.5, 0.6) is 0 Å². The molecular weight excluding hydrogens is 266 g/mol. The summed E-state index contributed by atoms with van der Waals surface area (Å²) in [6, 6.07) is 2.67. The fourth-order valence-electron chi connectivity index (χ4n) is 3.48. The van der Waals surface area contributed by atoms with Crippen molar-refractivity contribution in [3.8, 4) is 0 Å². The lowest BCUT2D eigenvalue weighted by molar-refractivity contribution is -0.117. The van der Waals surface area contributed by atoms with E-state index in [0.717, 1.165) is 25.5 Å². The van der Waals surface area contributed by atoms with Crippen LogP contribution in [0.15, 0.2) is 12.3 Å². The zero-order valence-electron chi connectivity index (χ0n) is 12.9. The highest BCUT2D eigenvalue weighted by atomic mass is 16.2. The maximum Gasteiger partial charge on any atom is 0.239 e. The van der Waals surface area contributed by atoms with E-state index < -0.39 is 0 Å². The number of piperidine rings is 1. The summed E-state index contributed by atoms with van der Waals surface area (Å²) in [4.78, 5) is 14.5. The molecule has 2 fully saturated rings. The van der Waals surface area contributed by atoms with Gasteiger partial charge in [-0.25, -0.2) is 4.68 Å². The third-order valence-corrected chi connectivity index (χ3v) is 4.47. The molecule has 2 aliphatic heterocycles. The topological polar surface area (TPSA) is 62.2 Å². The van der Waals surface area contributed by atoms with Crippen molar-refractivity contribution in [1.29, 1.82) is 0 Å². The number of rotatable bonds is 4. The van der Waals surface area contributed by atoms with E-state index in [1.54, 1.807) is 6.20 Å². The second-order valence-electron chi connectivity index (χ2n) is 6.46. The Hall–Kier alpha value is -1.40. The van der Waals surface area contributed by atoms with E-state index in [1.807, 2.05) is 10.7 Å². The summed E-state index contributed by atoms with van der Waals surface area (Å²) in [6.45, 7) is 7.72. The number of amides is 1. The first-order chi connectivity index (χ1) is 10.1. The summed E-state index contributed by atoms with van der Waals surface area (Å²) in [5, 5.41) is 10.8. The third kappa shape index (κ3) is 3.27. The number of fused-ring (bicyclic) bond motifs is 1. The molecule has 6 nitrogen and oxygen atoms in total. The van der Waals surface area contributed by atoms with Gasteiger partial charge in [-0.05, 0) is 39.2 Å². The summed E-state index contributed by atoms with van der Waals surface area (Å²) >= 11 is 0. The molecule has 6 heteroatoms. The van der Waals surface area contributed by atoms with Crippen LogP contribution in [0, 0.1) is 5.92 Å². The van der Waals surface area contributed by atoms with Crippen LogP contribution in [-0.2, 0) is 4.79 Å². The van der Waals surface area contributed by atoms with Crippen LogP contribution in [0.25, 0.3) is 0 Å². The molecule has 3 rings (SSSR count). The molecule has 0 bridgehead atoms. The second kappa shape index (κ2) is 6.15. The largest absolute Gasteiger partial charge is 0.312 e. The Morgan fingerprint density at radius 2 is 2.38 bits per heavy atom. The summed E-state index contributed by atoms with van der Waals surface area (Å²) in [5.74, 6) is 1.55. The maximum atomic E-state index is 12.2. The second-order valence-corrected chi connectivity index (χ2v) is 6.46. The van der Waals surface area contributed by atoms with E-state index in [2.05, 4.69) is 34.5 Å². The Kier molecular flexibility index (Phi) is 4.26. The van der Waals surface area contributed by atoms with Crippen LogP contribution in [0.3, 0.4) is 0 Å². The molecule has 1 aromatic heterocycles. The third-order valence-electron chi connectivity index (χ3n) is 4.47. The van der Waals surface area contributed by atoms with Gasteiger partial charge in [-0.3, -0.25) is 9.69 Å². The molecule has 116 valence electrons. The van der Waals surface area contributed by atoms with Crippen molar-refractivity contribution in [3.05, 3.63) is 12.3 Å². The molecule has 3 heterocycles. The van der Waals surface area contributed by atoms with Crippen molar-refractivity contribution in [2.24, 2.45) is 5.92 Å². The highest BCUT2D eigenvalue weighted by molar-refractivity contribution is 5.91. The van der Waals surface area contributed by atoms with Gasteiger partial charge in [0.2, 0.25) is 5.91 Å². The van der Waals surface area contributed by atoms with Gasteiger partial charge in [0.15, 0.2) is 0 Å². The maximum absolute atomic E-state index is 12.2. The number of nitrogens with one attached hydrogen (secondary N) is 2. The predicted octanol–water partition coefficient (Wildman–Crippen LogP) is 1.09. The monoisotopic (exact) mass is 291 g/mol. The van der Waals surface area contributed by atoms with Crippen LogP contribution >= 0.6 is 0 Å². The quantitative estimate of drug-likeness (QED) is 0.871. The van der Waals surface area contributed by atoms with Gasteiger partial charge >= 0.3 is 0 Å². The summed E-state index contributed by atoms with van der Waals surface area (Å²) in [6.07, 6.45) is 4.27. The van der Waals surface area contributed by atoms with Crippen LogP contribution in [0.1, 0.15) is 32.7 Å². The van der Waals surface area contributed by atoms with Crippen LogP contribution in [0.2, 0.25) is 0 Å². The van der Waals surface area contributed by atoms with E-state index in [-0.39, 0.29) is 11.9 Å². The molecule has 21 heavy (non-hydrogen) atoms. The first-order valence-electron chi connectivity index (χ1n) is 7.92. The average molecular weight is 291 g/mol. The molecule has 0 spiro atoms. The minimum absolute atomic E-state index is 0.0519. The fraction of sp³-hybridized carbons (Fsp3) is 0.733. The molecule has 0 radical (unpaired) electrons. The van der Waals surface area contributed by atoms with E-state index in [0.29, 0.717) is 18.5 Å². The molecule has 0 saturated carbocycles. The predicted molar refractivity (Wildman–Crippen MR) is 82.2 cm³/mol. The van der Waals surface area contributed by atoms with Gasteiger partial charge in [-0.15, -0.1) is 0 Å². The van der Waals surface area contributed by atoms with Gasteiger partial charge in [0, 0.05) is 31.2 Å². The van der Waals surface area contributed by atoms with Crippen molar-refractivity contribution < 1.29 is 4.79 Å². The molecule has 2 saturated heterocycles. The zero-order chi connectivity index (χ0) is 14.8. The molecule has 2 atom stereocenters. The minimum Gasteiger partial charge on any atom is -0.312 e. The van der Waals surface area contributed by atoms with Crippen molar-refractivity contribution in [2.45, 2.75) is 38.8 Å². The van der Waals surface area contributed by atoms with Gasteiger partial charge in [0.25, 0.3) is 0 Å². The van der Waals surface area contributed by atoms with Crippen LogP contribution in [0.4, 0.5) is 5.82 Å². The van der Waals surface area contributed by atoms with Gasteiger partial charge < -0.3 is 10.6 Å². The smallest absolute Gasteiger partial charge is 0.239 e. The number of hydrogen-bond donors (Lipinski definition) is 2. The first kappa shape index (κ1) is 14.5. The van der Waals surface area contributed by atoms with Gasteiger partial charge in [0.1, 0.15) is 5.82 Å². The number of carbonyl (C=O) groups excluding carboxylic acids is 1. The molecule has 1 amide bonds. The Balaban J connectivity index is 1.54. The van der Waals surface area contributed by atoms with E-state index in [4.69, 9.17) is 0 Å². The highest BCUT2D eigenvalue weighted by Crippen LogP contribution is 2.24. The summed E-state index contributed by atoms with van der Waals surface area (Å²) < 4.78 is 1.84. The van der Waals surface area contributed by atoms with Crippen molar-refractivity contribution in [1.82, 2.24) is 20.0 Å². The average Bonchev–Trinajstić information content (AvgIpc) is 3.03. The van der Waals surface area contributed by atoms with Crippen molar-refractivity contribution in [3.63, 3.8) is 0 Å². The number of aromatic nitrogens is 2. The Bertz CT molecular complexity index is 484. The first-order valence-corrected chi connectivity index (χ1v) is 7.92. The Labute approximate surface area is 125 Å². The molecule has 2 N–H and O–H groups in total. The van der Waals surface area contributed by atoms with Gasteiger partial charge in [0.05, 0.1) is 12.7 Å². The number of hydrogen-bond acceptors (Lipinski definition) is 4. The molecule has 1 aromatic rings. The minimum atomic E-state index is 0.0519. The van der Waals surface area contributed by atoms with Crippen LogP contribution < -0.4 is 10.6 Å². The number of likely N-dealkylation sites (tertiary alicyclic amines) is 1. The van der Waals surface area contributed by atoms with Gasteiger partial charge in [-0.1, -0.05) is 0 Å². The van der Waals surface area contributed by atoms with Crippen molar-refractivity contribution in [2.75, 3.05) is 31.5 Å². The molecule has 0 aliphatic carbocycles.